The van der Waals surface area contributed by atoms with Gasteiger partial charge >= 0.3 is 0 Å². The molecule has 4 atom stereocenters. The van der Waals surface area contributed by atoms with Crippen molar-refractivity contribution >= 4 is 11.6 Å². The van der Waals surface area contributed by atoms with Crippen molar-refractivity contribution in [3.8, 4) is 0 Å². The second kappa shape index (κ2) is 4.15. The van der Waals surface area contributed by atoms with Gasteiger partial charge in [0.2, 0.25) is 5.91 Å². The van der Waals surface area contributed by atoms with Gasteiger partial charge in [0.05, 0.1) is 23.0 Å². The van der Waals surface area contributed by atoms with Gasteiger partial charge in [0.25, 0.3) is 0 Å². The molecule has 1 heterocycles. The highest BCUT2D eigenvalue weighted by Crippen LogP contribution is 2.69. The average Bonchev–Trinajstić information content (AvgIpc) is 2.66. The van der Waals surface area contributed by atoms with E-state index in [0.717, 1.165) is 36.6 Å². The molecule has 4 fully saturated rings. The standard InChI is InChI=1S/C18H27N3O/c1-12-14(8-19-21(12)4)20-15(22)18-7-13-5-16(2,10-18)9-17(3,6-13)11-18/h8,13H,5-7,9-11H2,1-4H3,(H,20,22)/t13?,16-,17+,18?. The Balaban J connectivity index is 1.64. The summed E-state index contributed by atoms with van der Waals surface area (Å²) >= 11 is 0. The molecule has 1 N–H and O–H groups in total. The fourth-order valence-electron chi connectivity index (χ4n) is 6.58. The maximum Gasteiger partial charge on any atom is 0.230 e. The molecule has 0 aliphatic heterocycles. The number of carbonyl (C=O) groups excluding carboxylic acids is 1. The molecule has 0 saturated heterocycles. The first kappa shape index (κ1) is 14.3. The van der Waals surface area contributed by atoms with Crippen molar-refractivity contribution in [2.45, 2.75) is 59.3 Å². The number of anilines is 1. The molecule has 4 aliphatic rings. The molecule has 22 heavy (non-hydrogen) atoms. The zero-order valence-electron chi connectivity index (χ0n) is 14.2. The van der Waals surface area contributed by atoms with Crippen LogP contribution < -0.4 is 5.32 Å². The normalized spacial score (nSPS) is 42.6. The molecular formula is C18H27N3O. The highest BCUT2D eigenvalue weighted by Gasteiger charge is 2.62. The van der Waals surface area contributed by atoms with Gasteiger partial charge in [-0.15, -0.1) is 0 Å². The lowest BCUT2D eigenvalue weighted by molar-refractivity contribution is -0.165. The Morgan fingerprint density at radius 1 is 1.23 bits per heavy atom. The van der Waals surface area contributed by atoms with Crippen LogP contribution in [0.5, 0.6) is 0 Å². The smallest absolute Gasteiger partial charge is 0.230 e. The van der Waals surface area contributed by atoms with Crippen LogP contribution in [0.4, 0.5) is 5.69 Å². The molecule has 1 aromatic heterocycles. The number of rotatable bonds is 2. The predicted molar refractivity (Wildman–Crippen MR) is 86.4 cm³/mol. The van der Waals surface area contributed by atoms with Crippen molar-refractivity contribution in [2.75, 3.05) is 5.32 Å². The van der Waals surface area contributed by atoms with Crippen LogP contribution in [0, 0.1) is 29.1 Å². The van der Waals surface area contributed by atoms with Gasteiger partial charge in [-0.3, -0.25) is 9.48 Å². The first-order valence-corrected chi connectivity index (χ1v) is 8.53. The number of carbonyl (C=O) groups is 1. The first-order valence-electron chi connectivity index (χ1n) is 8.53. The first-order chi connectivity index (χ1) is 10.2. The van der Waals surface area contributed by atoms with Crippen molar-refractivity contribution in [1.29, 1.82) is 0 Å². The minimum Gasteiger partial charge on any atom is -0.323 e. The molecule has 0 aromatic carbocycles. The van der Waals surface area contributed by atoms with E-state index >= 15 is 0 Å². The molecule has 1 amide bonds. The number of nitrogens with zero attached hydrogens (tertiary/aromatic N) is 2. The molecule has 4 saturated carbocycles. The van der Waals surface area contributed by atoms with Gasteiger partial charge < -0.3 is 5.32 Å². The average molecular weight is 301 g/mol. The molecule has 0 radical (unpaired) electrons. The summed E-state index contributed by atoms with van der Waals surface area (Å²) in [6.45, 7) is 6.82. The third-order valence-electron chi connectivity index (χ3n) is 6.59. The Kier molecular flexibility index (Phi) is 2.69. The van der Waals surface area contributed by atoms with E-state index in [1.165, 1.54) is 19.3 Å². The van der Waals surface area contributed by atoms with Gasteiger partial charge in [-0.1, -0.05) is 13.8 Å². The number of hydrogen-bond acceptors (Lipinski definition) is 2. The number of aryl methyl sites for hydroxylation is 1. The summed E-state index contributed by atoms with van der Waals surface area (Å²) in [6.07, 6.45) is 8.94. The lowest BCUT2D eigenvalue weighted by Gasteiger charge is -2.64. The van der Waals surface area contributed by atoms with E-state index in [9.17, 15) is 4.79 Å². The van der Waals surface area contributed by atoms with Crippen LogP contribution in [0.1, 0.15) is 58.1 Å². The van der Waals surface area contributed by atoms with Crippen molar-refractivity contribution < 1.29 is 4.79 Å². The summed E-state index contributed by atoms with van der Waals surface area (Å²) < 4.78 is 1.82. The predicted octanol–water partition coefficient (Wildman–Crippen LogP) is 3.66. The summed E-state index contributed by atoms with van der Waals surface area (Å²) in [5, 5.41) is 7.45. The van der Waals surface area contributed by atoms with Crippen LogP contribution in [0.25, 0.3) is 0 Å². The summed E-state index contributed by atoms with van der Waals surface area (Å²) in [5.74, 6) is 0.983. The zero-order chi connectivity index (χ0) is 15.8. The lowest BCUT2D eigenvalue weighted by Crippen LogP contribution is -2.58. The van der Waals surface area contributed by atoms with Gasteiger partial charge in [0.1, 0.15) is 0 Å². The fraction of sp³-hybridized carbons (Fsp3) is 0.778. The van der Waals surface area contributed by atoms with E-state index < -0.39 is 0 Å². The summed E-state index contributed by atoms with van der Waals surface area (Å²) in [5.41, 5.74) is 2.49. The Hall–Kier alpha value is -1.32. The molecule has 0 spiro atoms. The molecule has 4 nitrogen and oxygen atoms in total. The number of amides is 1. The molecular weight excluding hydrogens is 274 g/mol. The molecule has 4 heteroatoms. The summed E-state index contributed by atoms with van der Waals surface area (Å²) in [7, 11) is 1.91. The maximum atomic E-state index is 13.2. The Morgan fingerprint density at radius 2 is 1.86 bits per heavy atom. The van der Waals surface area contributed by atoms with E-state index in [0.29, 0.717) is 10.8 Å². The van der Waals surface area contributed by atoms with Gasteiger partial charge in [0.15, 0.2) is 0 Å². The Labute approximate surface area is 132 Å². The Bertz CT molecular complexity index is 629. The maximum absolute atomic E-state index is 13.2. The van der Waals surface area contributed by atoms with Gasteiger partial charge in [0, 0.05) is 7.05 Å². The van der Waals surface area contributed by atoms with Crippen LogP contribution in [0.2, 0.25) is 0 Å². The van der Waals surface area contributed by atoms with Crippen molar-refractivity contribution in [3.63, 3.8) is 0 Å². The number of aromatic nitrogens is 2. The van der Waals surface area contributed by atoms with Crippen LogP contribution in [0.3, 0.4) is 0 Å². The summed E-state index contributed by atoms with van der Waals surface area (Å²) in [6, 6.07) is 0. The van der Waals surface area contributed by atoms with Crippen molar-refractivity contribution in [2.24, 2.45) is 29.2 Å². The van der Waals surface area contributed by atoms with Gasteiger partial charge in [-0.25, -0.2) is 0 Å². The molecule has 1 aromatic rings. The van der Waals surface area contributed by atoms with Gasteiger partial charge in [-0.05, 0) is 62.2 Å². The Morgan fingerprint density at radius 3 is 2.36 bits per heavy atom. The monoisotopic (exact) mass is 301 g/mol. The molecule has 4 bridgehead atoms. The second-order valence-electron chi connectivity index (χ2n) is 9.13. The number of hydrogen-bond donors (Lipinski definition) is 1. The third kappa shape index (κ3) is 1.95. The highest BCUT2D eigenvalue weighted by atomic mass is 16.2. The third-order valence-corrected chi connectivity index (χ3v) is 6.59. The van der Waals surface area contributed by atoms with E-state index in [1.807, 2.05) is 18.7 Å². The minimum absolute atomic E-state index is 0.148. The van der Waals surface area contributed by atoms with Crippen molar-refractivity contribution in [3.05, 3.63) is 11.9 Å². The number of nitrogens with one attached hydrogen (secondary N) is 1. The van der Waals surface area contributed by atoms with Crippen LogP contribution >= 0.6 is 0 Å². The fourth-order valence-corrected chi connectivity index (χ4v) is 6.58. The molecule has 120 valence electrons. The summed E-state index contributed by atoms with van der Waals surface area (Å²) in [4.78, 5) is 13.2. The topological polar surface area (TPSA) is 46.9 Å². The highest BCUT2D eigenvalue weighted by molar-refractivity contribution is 5.96. The van der Waals surface area contributed by atoms with Crippen LogP contribution in [-0.4, -0.2) is 15.7 Å². The van der Waals surface area contributed by atoms with Crippen LogP contribution in [-0.2, 0) is 11.8 Å². The van der Waals surface area contributed by atoms with Crippen molar-refractivity contribution in [1.82, 2.24) is 9.78 Å². The zero-order valence-corrected chi connectivity index (χ0v) is 14.2. The molecule has 2 unspecified atom stereocenters. The van der Waals surface area contributed by atoms with E-state index in [-0.39, 0.29) is 11.3 Å². The minimum atomic E-state index is -0.148. The molecule has 5 rings (SSSR count). The quantitative estimate of drug-likeness (QED) is 0.906. The SMILES string of the molecule is Cc1c(NC(=O)C23CC4C[C@@](C)(C2)C[C@](C)(C4)C3)cnn1C. The largest absolute Gasteiger partial charge is 0.323 e. The van der Waals surface area contributed by atoms with Gasteiger partial charge in [-0.2, -0.15) is 5.10 Å². The molecule has 4 aliphatic carbocycles. The van der Waals surface area contributed by atoms with E-state index in [4.69, 9.17) is 0 Å². The van der Waals surface area contributed by atoms with E-state index in [2.05, 4.69) is 24.3 Å². The van der Waals surface area contributed by atoms with Crippen LogP contribution in [0.15, 0.2) is 6.20 Å². The second-order valence-corrected chi connectivity index (χ2v) is 9.13. The lowest BCUT2D eigenvalue weighted by atomic mass is 9.40. The van der Waals surface area contributed by atoms with E-state index in [1.54, 1.807) is 6.20 Å².